The third-order valence-corrected chi connectivity index (χ3v) is 7.77. The number of nitrogens with zero attached hydrogens (tertiary/aromatic N) is 1. The first-order valence-corrected chi connectivity index (χ1v) is 14.2. The Balaban J connectivity index is 1.33. The second kappa shape index (κ2) is 13.7. The number of benzene rings is 2. The zero-order valence-electron chi connectivity index (χ0n) is 22.5. The lowest BCUT2D eigenvalue weighted by molar-refractivity contribution is -0.138. The molecule has 1 fully saturated rings. The number of amidine groups is 1. The lowest BCUT2D eigenvalue weighted by atomic mass is 9.95. The van der Waals surface area contributed by atoms with Crippen LogP contribution in [-0.2, 0) is 20.9 Å². The van der Waals surface area contributed by atoms with Crippen molar-refractivity contribution in [2.24, 2.45) is 5.73 Å². The van der Waals surface area contributed by atoms with E-state index >= 15 is 0 Å². The first-order chi connectivity index (χ1) is 19.3. The standard InChI is InChI=1S/C30H35N5O4S/c1-20-7-5-8-21(13-20)22-15-26(30(38)34-16-25-14-23(19-40-25)29(31)32)35(18-22)28(37)17-33-27(36)11-6-12-39-24-9-3-2-4-10-24/h2-5,7-10,13-14,19,22,26H,6,11-12,15-18H2,1H3,(H3,31,32)(H,33,36)(H,34,38)/t22-,26-/m0/s1. The van der Waals surface area contributed by atoms with Gasteiger partial charge in [-0.25, -0.2) is 0 Å². The average Bonchev–Trinajstić information content (AvgIpc) is 3.62. The Bertz CT molecular complexity index is 1340. The van der Waals surface area contributed by atoms with E-state index in [9.17, 15) is 14.4 Å². The topological polar surface area (TPSA) is 138 Å². The van der Waals surface area contributed by atoms with Crippen LogP contribution < -0.4 is 21.1 Å². The van der Waals surface area contributed by atoms with Crippen molar-refractivity contribution in [1.29, 1.82) is 5.41 Å². The minimum absolute atomic E-state index is 0.0106. The normalized spacial score (nSPS) is 16.4. The molecule has 1 saturated heterocycles. The third-order valence-electron chi connectivity index (χ3n) is 6.84. The van der Waals surface area contributed by atoms with Crippen molar-refractivity contribution < 1.29 is 19.1 Å². The number of ether oxygens (including phenoxy) is 1. The molecule has 0 saturated carbocycles. The highest BCUT2D eigenvalue weighted by molar-refractivity contribution is 7.10. The maximum atomic E-state index is 13.3. The summed E-state index contributed by atoms with van der Waals surface area (Å²) in [6.07, 6.45) is 1.25. The average molecular weight is 562 g/mol. The zero-order valence-corrected chi connectivity index (χ0v) is 23.3. The highest BCUT2D eigenvalue weighted by Gasteiger charge is 2.40. The van der Waals surface area contributed by atoms with Gasteiger partial charge in [-0.3, -0.25) is 19.8 Å². The number of aryl methyl sites for hydroxylation is 1. The maximum Gasteiger partial charge on any atom is 0.243 e. The van der Waals surface area contributed by atoms with Crippen molar-refractivity contribution in [2.75, 3.05) is 19.7 Å². The number of amides is 3. The maximum absolute atomic E-state index is 13.3. The van der Waals surface area contributed by atoms with Crippen LogP contribution in [0.4, 0.5) is 0 Å². The van der Waals surface area contributed by atoms with Crippen molar-refractivity contribution in [2.45, 2.75) is 44.7 Å². The second-order valence-corrected chi connectivity index (χ2v) is 10.9. The van der Waals surface area contributed by atoms with Gasteiger partial charge in [-0.2, -0.15) is 0 Å². The summed E-state index contributed by atoms with van der Waals surface area (Å²) < 4.78 is 5.62. The van der Waals surface area contributed by atoms with Crippen LogP contribution >= 0.6 is 11.3 Å². The van der Waals surface area contributed by atoms with Crippen LogP contribution in [-0.4, -0.2) is 54.2 Å². The summed E-state index contributed by atoms with van der Waals surface area (Å²) in [6, 6.07) is 18.6. The number of thiophene rings is 1. The molecule has 10 heteroatoms. The monoisotopic (exact) mass is 561 g/mol. The number of hydrogen-bond acceptors (Lipinski definition) is 6. The van der Waals surface area contributed by atoms with Crippen LogP contribution in [0.5, 0.6) is 5.75 Å². The summed E-state index contributed by atoms with van der Waals surface area (Å²) in [5.41, 5.74) is 8.36. The Kier molecular flexibility index (Phi) is 9.91. The predicted molar refractivity (Wildman–Crippen MR) is 155 cm³/mol. The minimum atomic E-state index is -0.651. The van der Waals surface area contributed by atoms with Gasteiger partial charge in [0.1, 0.15) is 17.6 Å². The molecule has 4 rings (SSSR count). The SMILES string of the molecule is Cc1cccc([C@H]2C[C@@H](C(=O)NCc3cc(C(=N)N)cs3)N(C(=O)CNC(=O)CCCOc3ccccc3)C2)c1. The van der Waals surface area contributed by atoms with Gasteiger partial charge in [-0.05, 0) is 43.5 Å². The van der Waals surface area contributed by atoms with Gasteiger partial charge in [0.15, 0.2) is 0 Å². The molecule has 0 spiro atoms. The van der Waals surface area contributed by atoms with Gasteiger partial charge < -0.3 is 26.0 Å². The van der Waals surface area contributed by atoms with Gasteiger partial charge in [0.2, 0.25) is 17.7 Å². The summed E-state index contributed by atoms with van der Waals surface area (Å²) in [5, 5.41) is 15.0. The molecule has 210 valence electrons. The fourth-order valence-electron chi connectivity index (χ4n) is 4.74. The van der Waals surface area contributed by atoms with Crippen molar-refractivity contribution in [3.8, 4) is 5.75 Å². The molecule has 0 unspecified atom stereocenters. The first-order valence-electron chi connectivity index (χ1n) is 13.3. The van der Waals surface area contributed by atoms with Crippen molar-refractivity contribution >= 4 is 34.9 Å². The fraction of sp³-hybridized carbons (Fsp3) is 0.333. The Labute approximate surface area is 238 Å². The molecular formula is C30H35N5O4S. The summed E-state index contributed by atoms with van der Waals surface area (Å²) in [5.74, 6) is -0.0353. The number of para-hydroxylation sites is 1. The van der Waals surface area contributed by atoms with Gasteiger partial charge in [0, 0.05) is 34.7 Å². The van der Waals surface area contributed by atoms with Crippen molar-refractivity contribution in [1.82, 2.24) is 15.5 Å². The van der Waals surface area contributed by atoms with E-state index in [2.05, 4.69) is 16.7 Å². The van der Waals surface area contributed by atoms with E-state index in [1.54, 1.807) is 16.3 Å². The third kappa shape index (κ3) is 7.92. The molecule has 9 nitrogen and oxygen atoms in total. The molecule has 3 amide bonds. The second-order valence-electron chi connectivity index (χ2n) is 9.88. The Morgan fingerprint density at radius 2 is 1.90 bits per heavy atom. The predicted octanol–water partition coefficient (Wildman–Crippen LogP) is 3.32. The van der Waals surface area contributed by atoms with E-state index < -0.39 is 6.04 Å². The zero-order chi connectivity index (χ0) is 28.5. The lowest BCUT2D eigenvalue weighted by Crippen LogP contribution is -2.48. The van der Waals surface area contributed by atoms with Crippen molar-refractivity contribution in [3.63, 3.8) is 0 Å². The largest absolute Gasteiger partial charge is 0.494 e. The van der Waals surface area contributed by atoms with E-state index in [0.29, 0.717) is 31.6 Å². The first kappa shape index (κ1) is 28.8. The minimum Gasteiger partial charge on any atom is -0.494 e. The molecule has 1 aliphatic rings. The Hall–Kier alpha value is -4.18. The van der Waals surface area contributed by atoms with Gasteiger partial charge >= 0.3 is 0 Å². The highest BCUT2D eigenvalue weighted by atomic mass is 32.1. The van der Waals surface area contributed by atoms with Gasteiger partial charge in [0.25, 0.3) is 0 Å². The number of rotatable bonds is 12. The molecule has 2 heterocycles. The fourth-order valence-corrected chi connectivity index (χ4v) is 5.56. The molecule has 0 bridgehead atoms. The molecule has 1 aromatic heterocycles. The van der Waals surface area contributed by atoms with Crippen LogP contribution in [0.25, 0.3) is 0 Å². The molecule has 3 aromatic rings. The van der Waals surface area contributed by atoms with Gasteiger partial charge in [-0.1, -0.05) is 48.0 Å². The molecular weight excluding hydrogens is 526 g/mol. The molecule has 5 N–H and O–H groups in total. The van der Waals surface area contributed by atoms with Crippen LogP contribution in [0, 0.1) is 12.3 Å². The van der Waals surface area contributed by atoms with Crippen LogP contribution in [0.15, 0.2) is 66.0 Å². The number of nitrogens with two attached hydrogens (primary N) is 1. The lowest BCUT2D eigenvalue weighted by Gasteiger charge is -2.24. The van der Waals surface area contributed by atoms with E-state index in [1.807, 2.05) is 55.5 Å². The summed E-state index contributed by atoms with van der Waals surface area (Å²) in [4.78, 5) is 41.4. The van der Waals surface area contributed by atoms with Crippen LogP contribution in [0.3, 0.4) is 0 Å². The van der Waals surface area contributed by atoms with Gasteiger partial charge in [-0.15, -0.1) is 11.3 Å². The van der Waals surface area contributed by atoms with Gasteiger partial charge in [0.05, 0.1) is 19.7 Å². The summed E-state index contributed by atoms with van der Waals surface area (Å²) in [6.45, 7) is 2.93. The van der Waals surface area contributed by atoms with E-state index in [0.717, 1.165) is 21.8 Å². The molecule has 1 aliphatic heterocycles. The number of carbonyl (C=O) groups is 3. The Morgan fingerprint density at radius 1 is 1.10 bits per heavy atom. The summed E-state index contributed by atoms with van der Waals surface area (Å²) in [7, 11) is 0. The molecule has 2 aromatic carbocycles. The number of hydrogen-bond donors (Lipinski definition) is 4. The van der Waals surface area contributed by atoms with E-state index in [4.69, 9.17) is 15.9 Å². The number of nitrogens with one attached hydrogen (secondary N) is 3. The number of nitrogen functional groups attached to an aromatic ring is 1. The van der Waals surface area contributed by atoms with E-state index in [-0.39, 0.29) is 49.0 Å². The number of carbonyl (C=O) groups excluding carboxylic acids is 3. The van der Waals surface area contributed by atoms with Crippen LogP contribution in [0.2, 0.25) is 0 Å². The Morgan fingerprint density at radius 3 is 2.62 bits per heavy atom. The smallest absolute Gasteiger partial charge is 0.243 e. The quantitative estimate of drug-likeness (QED) is 0.153. The highest BCUT2D eigenvalue weighted by Crippen LogP contribution is 2.32. The van der Waals surface area contributed by atoms with Crippen molar-refractivity contribution in [3.05, 3.63) is 87.6 Å². The molecule has 40 heavy (non-hydrogen) atoms. The number of likely N-dealkylation sites (tertiary alicyclic amines) is 1. The molecule has 0 radical (unpaired) electrons. The van der Waals surface area contributed by atoms with Crippen LogP contribution in [0.1, 0.15) is 46.7 Å². The molecule has 2 atom stereocenters. The molecule has 0 aliphatic carbocycles. The summed E-state index contributed by atoms with van der Waals surface area (Å²) >= 11 is 1.41. The van der Waals surface area contributed by atoms with E-state index in [1.165, 1.54) is 11.3 Å².